The molecule has 0 aromatic rings. The van der Waals surface area contributed by atoms with Gasteiger partial charge in [-0.3, -0.25) is 0 Å². The van der Waals surface area contributed by atoms with Crippen LogP contribution in [0.4, 0.5) is 0 Å². The normalized spacial score (nSPS) is 23.9. The summed E-state index contributed by atoms with van der Waals surface area (Å²) >= 11 is 0. The Morgan fingerprint density at radius 2 is 2.12 bits per heavy atom. The van der Waals surface area contributed by atoms with E-state index in [9.17, 15) is 8.42 Å². The van der Waals surface area contributed by atoms with Crippen LogP contribution in [0.5, 0.6) is 0 Å². The van der Waals surface area contributed by atoms with Crippen LogP contribution in [0.25, 0.3) is 0 Å². The molecule has 1 fully saturated rings. The number of sulfonamides is 1. The van der Waals surface area contributed by atoms with E-state index in [1.54, 1.807) is 0 Å². The maximum atomic E-state index is 12.1. The average Bonchev–Trinajstić information content (AvgIpc) is 2.27. The van der Waals surface area contributed by atoms with E-state index in [4.69, 9.17) is 5.73 Å². The number of nitrogens with one attached hydrogen (secondary N) is 1. The van der Waals surface area contributed by atoms with Gasteiger partial charge in [0.15, 0.2) is 0 Å². The summed E-state index contributed by atoms with van der Waals surface area (Å²) in [4.78, 5) is 2.07. The van der Waals surface area contributed by atoms with Crippen LogP contribution in [0.2, 0.25) is 0 Å². The first-order valence-corrected chi connectivity index (χ1v) is 7.68. The molecule has 102 valence electrons. The van der Waals surface area contributed by atoms with E-state index in [0.717, 1.165) is 19.4 Å². The SMILES string of the molecule is CN1CCCC(S(=O)(=O)NCC(C)(C)CN)C1. The summed E-state index contributed by atoms with van der Waals surface area (Å²) in [5.41, 5.74) is 5.41. The molecule has 0 saturated carbocycles. The quantitative estimate of drug-likeness (QED) is 0.731. The highest BCUT2D eigenvalue weighted by Crippen LogP contribution is 2.17. The van der Waals surface area contributed by atoms with Gasteiger partial charge in [0.05, 0.1) is 5.25 Å². The van der Waals surface area contributed by atoms with Gasteiger partial charge >= 0.3 is 0 Å². The lowest BCUT2D eigenvalue weighted by atomic mass is 9.95. The number of likely N-dealkylation sites (tertiary alicyclic amines) is 1. The Morgan fingerprint density at radius 1 is 1.47 bits per heavy atom. The Balaban J connectivity index is 2.56. The van der Waals surface area contributed by atoms with Crippen LogP contribution in [0.3, 0.4) is 0 Å². The standard InChI is InChI=1S/C11H25N3O2S/c1-11(2,8-12)9-13-17(15,16)10-5-4-6-14(3)7-10/h10,13H,4-9,12H2,1-3H3. The molecule has 0 radical (unpaired) electrons. The molecule has 17 heavy (non-hydrogen) atoms. The third-order valence-electron chi connectivity index (χ3n) is 3.32. The van der Waals surface area contributed by atoms with E-state index in [2.05, 4.69) is 9.62 Å². The molecule has 0 bridgehead atoms. The van der Waals surface area contributed by atoms with Crippen LogP contribution in [0.15, 0.2) is 0 Å². The van der Waals surface area contributed by atoms with Crippen molar-refractivity contribution < 1.29 is 8.42 Å². The molecule has 1 aliphatic heterocycles. The van der Waals surface area contributed by atoms with Crippen molar-refractivity contribution in [1.29, 1.82) is 0 Å². The van der Waals surface area contributed by atoms with Crippen LogP contribution >= 0.6 is 0 Å². The third-order valence-corrected chi connectivity index (χ3v) is 5.13. The first kappa shape index (κ1) is 14.9. The first-order valence-electron chi connectivity index (χ1n) is 6.14. The average molecular weight is 263 g/mol. The Labute approximate surface area is 105 Å². The second-order valence-corrected chi connectivity index (χ2v) is 7.81. The van der Waals surface area contributed by atoms with Crippen molar-refractivity contribution in [3.63, 3.8) is 0 Å². The lowest BCUT2D eigenvalue weighted by Crippen LogP contribution is -2.47. The Kier molecular flexibility index (Phi) is 4.95. The monoisotopic (exact) mass is 263 g/mol. The minimum atomic E-state index is -3.21. The van der Waals surface area contributed by atoms with Crippen LogP contribution < -0.4 is 10.5 Å². The fraction of sp³-hybridized carbons (Fsp3) is 1.00. The summed E-state index contributed by atoms with van der Waals surface area (Å²) in [6.45, 7) is 6.41. The van der Waals surface area contributed by atoms with Crippen LogP contribution in [-0.4, -0.2) is 51.8 Å². The van der Waals surface area contributed by atoms with E-state index < -0.39 is 10.0 Å². The summed E-state index contributed by atoms with van der Waals surface area (Å²) in [6, 6.07) is 0. The van der Waals surface area contributed by atoms with Gasteiger partial charge in [0, 0.05) is 13.1 Å². The number of rotatable bonds is 5. The molecule has 6 heteroatoms. The topological polar surface area (TPSA) is 75.4 Å². The van der Waals surface area contributed by atoms with E-state index >= 15 is 0 Å². The zero-order valence-corrected chi connectivity index (χ0v) is 11.9. The van der Waals surface area contributed by atoms with Gasteiger partial charge in [-0.05, 0) is 38.4 Å². The zero-order valence-electron chi connectivity index (χ0n) is 11.1. The van der Waals surface area contributed by atoms with Gasteiger partial charge in [0.2, 0.25) is 10.0 Å². The van der Waals surface area contributed by atoms with E-state index in [1.807, 2.05) is 20.9 Å². The highest BCUT2D eigenvalue weighted by atomic mass is 32.2. The highest BCUT2D eigenvalue weighted by molar-refractivity contribution is 7.90. The van der Waals surface area contributed by atoms with Crippen molar-refractivity contribution >= 4 is 10.0 Å². The van der Waals surface area contributed by atoms with Gasteiger partial charge < -0.3 is 10.6 Å². The van der Waals surface area contributed by atoms with Gasteiger partial charge in [-0.15, -0.1) is 0 Å². The van der Waals surface area contributed by atoms with Crippen molar-refractivity contribution in [2.24, 2.45) is 11.1 Å². The largest absolute Gasteiger partial charge is 0.330 e. The van der Waals surface area contributed by atoms with Crippen LogP contribution in [0, 0.1) is 5.41 Å². The van der Waals surface area contributed by atoms with Crippen molar-refractivity contribution in [2.75, 3.05) is 33.2 Å². The molecule has 5 nitrogen and oxygen atoms in total. The lowest BCUT2D eigenvalue weighted by Gasteiger charge is -2.31. The van der Waals surface area contributed by atoms with Crippen LogP contribution in [0.1, 0.15) is 26.7 Å². The third kappa shape index (κ3) is 4.54. The molecule has 0 spiro atoms. The van der Waals surface area contributed by atoms with Gasteiger partial charge in [0.1, 0.15) is 0 Å². The van der Waals surface area contributed by atoms with Gasteiger partial charge in [-0.25, -0.2) is 13.1 Å². The molecule has 3 N–H and O–H groups in total. The fourth-order valence-corrected chi connectivity index (χ4v) is 3.61. The predicted molar refractivity (Wildman–Crippen MR) is 70.3 cm³/mol. The molecule has 1 aliphatic rings. The Morgan fingerprint density at radius 3 is 2.65 bits per heavy atom. The molecule has 1 saturated heterocycles. The summed E-state index contributed by atoms with van der Waals surface area (Å²) in [5, 5.41) is -0.283. The number of nitrogens with zero attached hydrogens (tertiary/aromatic N) is 1. The van der Waals surface area contributed by atoms with Gasteiger partial charge in [-0.1, -0.05) is 13.8 Å². The van der Waals surface area contributed by atoms with Crippen molar-refractivity contribution in [1.82, 2.24) is 9.62 Å². The Hall–Kier alpha value is -0.170. The maximum absolute atomic E-state index is 12.1. The lowest BCUT2D eigenvalue weighted by molar-refractivity contribution is 0.276. The van der Waals surface area contributed by atoms with Crippen molar-refractivity contribution in [2.45, 2.75) is 31.9 Å². The Bertz CT molecular complexity index is 341. The van der Waals surface area contributed by atoms with E-state index in [0.29, 0.717) is 19.6 Å². The second-order valence-electron chi connectivity index (χ2n) is 5.76. The van der Waals surface area contributed by atoms with Gasteiger partial charge in [-0.2, -0.15) is 0 Å². The number of hydrogen-bond donors (Lipinski definition) is 2. The molecular weight excluding hydrogens is 238 g/mol. The summed E-state index contributed by atoms with van der Waals surface area (Å²) in [6.07, 6.45) is 1.70. The maximum Gasteiger partial charge on any atom is 0.215 e. The highest BCUT2D eigenvalue weighted by Gasteiger charge is 2.30. The van der Waals surface area contributed by atoms with Crippen molar-refractivity contribution in [3.8, 4) is 0 Å². The fourth-order valence-electron chi connectivity index (χ4n) is 1.86. The predicted octanol–water partition coefficient (Wildman–Crippen LogP) is -0.0151. The van der Waals surface area contributed by atoms with E-state index in [-0.39, 0.29) is 10.7 Å². The second kappa shape index (κ2) is 5.65. The molecule has 0 aromatic carbocycles. The summed E-state index contributed by atoms with van der Waals surface area (Å²) in [7, 11) is -1.24. The molecular formula is C11H25N3O2S. The first-order chi connectivity index (χ1) is 7.77. The smallest absolute Gasteiger partial charge is 0.215 e. The molecule has 1 rings (SSSR count). The minimum Gasteiger partial charge on any atom is -0.330 e. The zero-order chi connectivity index (χ0) is 13.1. The number of piperidine rings is 1. The molecule has 0 aliphatic carbocycles. The molecule has 1 heterocycles. The molecule has 0 amide bonds. The molecule has 0 aromatic heterocycles. The summed E-state index contributed by atoms with van der Waals surface area (Å²) in [5.74, 6) is 0. The van der Waals surface area contributed by atoms with Gasteiger partial charge in [0.25, 0.3) is 0 Å². The van der Waals surface area contributed by atoms with Crippen LogP contribution in [-0.2, 0) is 10.0 Å². The number of hydrogen-bond acceptors (Lipinski definition) is 4. The molecule has 1 unspecified atom stereocenters. The van der Waals surface area contributed by atoms with Crippen molar-refractivity contribution in [3.05, 3.63) is 0 Å². The summed E-state index contributed by atoms with van der Waals surface area (Å²) < 4.78 is 26.9. The molecule has 1 atom stereocenters. The van der Waals surface area contributed by atoms with E-state index in [1.165, 1.54) is 0 Å². The number of nitrogens with two attached hydrogens (primary N) is 1. The minimum absolute atomic E-state index is 0.187.